The Hall–Kier alpha value is -1.83. The molecule has 1 unspecified atom stereocenters. The maximum atomic E-state index is 4.55. The number of rotatable bonds is 0. The van der Waals surface area contributed by atoms with E-state index in [0.29, 0.717) is 5.92 Å². The fourth-order valence-electron chi connectivity index (χ4n) is 2.30. The molecule has 1 aromatic heterocycles. The molecule has 1 atom stereocenters. The van der Waals surface area contributed by atoms with E-state index in [1.807, 2.05) is 6.92 Å². The third-order valence-corrected chi connectivity index (χ3v) is 3.21. The zero-order valence-electron chi connectivity index (χ0n) is 9.49. The molecule has 16 heavy (non-hydrogen) atoms. The number of nitrogens with zero attached hydrogens (tertiary/aromatic N) is 1. The van der Waals surface area contributed by atoms with Gasteiger partial charge >= 0.3 is 0 Å². The van der Waals surface area contributed by atoms with Crippen molar-refractivity contribution in [2.45, 2.75) is 19.8 Å². The molecular formula is C14H14N2. The molecule has 0 saturated carbocycles. The lowest BCUT2D eigenvalue weighted by atomic mass is 9.89. The van der Waals surface area contributed by atoms with Gasteiger partial charge < -0.3 is 5.32 Å². The van der Waals surface area contributed by atoms with E-state index in [0.717, 1.165) is 11.5 Å². The number of hydrogen-bond acceptors (Lipinski definition) is 2. The van der Waals surface area contributed by atoms with Gasteiger partial charge in [0, 0.05) is 22.9 Å². The van der Waals surface area contributed by atoms with Crippen LogP contribution in [-0.4, -0.2) is 4.98 Å². The largest absolute Gasteiger partial charge is 0.340 e. The van der Waals surface area contributed by atoms with E-state index in [4.69, 9.17) is 0 Å². The van der Waals surface area contributed by atoms with Crippen molar-refractivity contribution < 1.29 is 0 Å². The van der Waals surface area contributed by atoms with Crippen molar-refractivity contribution in [3.05, 3.63) is 53.2 Å². The third-order valence-electron chi connectivity index (χ3n) is 3.21. The summed E-state index contributed by atoms with van der Waals surface area (Å²) in [5.74, 6) is 1.42. The molecule has 80 valence electrons. The van der Waals surface area contributed by atoms with E-state index in [-0.39, 0.29) is 0 Å². The van der Waals surface area contributed by atoms with Gasteiger partial charge in [-0.2, -0.15) is 0 Å². The normalized spacial score (nSPS) is 17.2. The van der Waals surface area contributed by atoms with Gasteiger partial charge in [-0.3, -0.25) is 0 Å². The smallest absolute Gasteiger partial charge is 0.134 e. The number of pyridine rings is 1. The van der Waals surface area contributed by atoms with Crippen LogP contribution in [0.25, 0.3) is 0 Å². The fraction of sp³-hybridized carbons (Fsp3) is 0.214. The number of aryl methyl sites for hydroxylation is 1. The number of aromatic nitrogens is 1. The zero-order chi connectivity index (χ0) is 11.1. The lowest BCUT2D eigenvalue weighted by Gasteiger charge is -2.26. The summed E-state index contributed by atoms with van der Waals surface area (Å²) in [4.78, 5) is 4.55. The summed E-state index contributed by atoms with van der Waals surface area (Å²) in [7, 11) is 0. The van der Waals surface area contributed by atoms with Crippen LogP contribution in [-0.2, 0) is 0 Å². The summed E-state index contributed by atoms with van der Waals surface area (Å²) in [6.07, 6.45) is 0. The second kappa shape index (κ2) is 3.34. The van der Waals surface area contributed by atoms with Gasteiger partial charge in [0.15, 0.2) is 0 Å². The lowest BCUT2D eigenvalue weighted by molar-refractivity contribution is 0.895. The fourth-order valence-corrected chi connectivity index (χ4v) is 2.30. The van der Waals surface area contributed by atoms with Gasteiger partial charge in [0.25, 0.3) is 0 Å². The van der Waals surface area contributed by atoms with Crippen LogP contribution in [0.1, 0.15) is 29.7 Å². The average Bonchev–Trinajstić information content (AvgIpc) is 2.29. The maximum absolute atomic E-state index is 4.55. The molecule has 2 heterocycles. The van der Waals surface area contributed by atoms with Gasteiger partial charge in [-0.05, 0) is 24.6 Å². The molecule has 1 aliphatic heterocycles. The van der Waals surface area contributed by atoms with Crippen LogP contribution in [0.5, 0.6) is 0 Å². The van der Waals surface area contributed by atoms with Gasteiger partial charge in [-0.15, -0.1) is 0 Å². The first kappa shape index (κ1) is 9.40. The number of anilines is 2. The first-order valence-corrected chi connectivity index (χ1v) is 5.59. The Morgan fingerprint density at radius 1 is 1.06 bits per heavy atom. The van der Waals surface area contributed by atoms with E-state index in [1.54, 1.807) is 0 Å². The first-order chi connectivity index (χ1) is 7.75. The molecule has 0 radical (unpaired) electrons. The molecule has 0 fully saturated rings. The summed E-state index contributed by atoms with van der Waals surface area (Å²) in [5, 5.41) is 3.40. The summed E-state index contributed by atoms with van der Waals surface area (Å²) in [6, 6.07) is 12.7. The second-order valence-corrected chi connectivity index (χ2v) is 4.32. The molecule has 1 N–H and O–H groups in total. The topological polar surface area (TPSA) is 24.9 Å². The second-order valence-electron chi connectivity index (χ2n) is 4.32. The molecule has 3 rings (SSSR count). The van der Waals surface area contributed by atoms with E-state index in [9.17, 15) is 0 Å². The summed E-state index contributed by atoms with van der Waals surface area (Å²) in [6.45, 7) is 4.25. The Morgan fingerprint density at radius 3 is 2.75 bits per heavy atom. The third kappa shape index (κ3) is 1.30. The predicted molar refractivity (Wildman–Crippen MR) is 66.2 cm³/mol. The van der Waals surface area contributed by atoms with Gasteiger partial charge in [0.05, 0.1) is 0 Å². The highest BCUT2D eigenvalue weighted by atomic mass is 15.0. The highest BCUT2D eigenvalue weighted by Gasteiger charge is 2.22. The monoisotopic (exact) mass is 210 g/mol. The average molecular weight is 210 g/mol. The molecule has 0 saturated heterocycles. The van der Waals surface area contributed by atoms with Crippen molar-refractivity contribution in [1.82, 2.24) is 4.98 Å². The van der Waals surface area contributed by atoms with Crippen LogP contribution in [0.2, 0.25) is 0 Å². The quantitative estimate of drug-likeness (QED) is 0.718. The standard InChI is InChI=1S/C14H14N2/c1-9-7-8-12-10(2)11-5-3-4-6-13(11)16-14(12)15-9/h3-8,10H,1-2H3,(H,15,16). The number of fused-ring (bicyclic) bond motifs is 2. The Labute approximate surface area is 95.3 Å². The van der Waals surface area contributed by atoms with Crippen molar-refractivity contribution >= 4 is 11.5 Å². The van der Waals surface area contributed by atoms with Gasteiger partial charge in [-0.25, -0.2) is 4.98 Å². The van der Waals surface area contributed by atoms with E-state index >= 15 is 0 Å². The van der Waals surface area contributed by atoms with Crippen LogP contribution < -0.4 is 5.32 Å². The van der Waals surface area contributed by atoms with Gasteiger partial charge in [0.1, 0.15) is 5.82 Å². The molecule has 1 aromatic carbocycles. The number of para-hydroxylation sites is 1. The molecule has 0 aliphatic carbocycles. The maximum Gasteiger partial charge on any atom is 0.134 e. The summed E-state index contributed by atoms with van der Waals surface area (Å²) in [5.41, 5.74) is 4.86. The SMILES string of the molecule is Cc1ccc2c(n1)Nc1ccccc1C2C. The molecule has 0 spiro atoms. The Morgan fingerprint density at radius 2 is 1.88 bits per heavy atom. The van der Waals surface area contributed by atoms with Crippen molar-refractivity contribution in [2.24, 2.45) is 0 Å². The van der Waals surface area contributed by atoms with Crippen LogP contribution in [0, 0.1) is 6.92 Å². The van der Waals surface area contributed by atoms with Crippen LogP contribution in [0.4, 0.5) is 11.5 Å². The van der Waals surface area contributed by atoms with Crippen molar-refractivity contribution in [2.75, 3.05) is 5.32 Å². The Balaban J connectivity index is 2.18. The lowest BCUT2D eigenvalue weighted by Crippen LogP contribution is -2.12. The van der Waals surface area contributed by atoms with Gasteiger partial charge in [0.2, 0.25) is 0 Å². The minimum atomic E-state index is 0.417. The van der Waals surface area contributed by atoms with Gasteiger partial charge in [-0.1, -0.05) is 31.2 Å². The molecular weight excluding hydrogens is 196 g/mol. The van der Waals surface area contributed by atoms with E-state index in [1.165, 1.54) is 16.8 Å². The number of benzene rings is 1. The summed E-state index contributed by atoms with van der Waals surface area (Å²) < 4.78 is 0. The van der Waals surface area contributed by atoms with Crippen LogP contribution >= 0.6 is 0 Å². The first-order valence-electron chi connectivity index (χ1n) is 5.59. The molecule has 2 aromatic rings. The van der Waals surface area contributed by atoms with Crippen LogP contribution in [0.15, 0.2) is 36.4 Å². The Kier molecular flexibility index (Phi) is 1.96. The minimum absolute atomic E-state index is 0.417. The summed E-state index contributed by atoms with van der Waals surface area (Å²) >= 11 is 0. The van der Waals surface area contributed by atoms with Crippen molar-refractivity contribution in [1.29, 1.82) is 0 Å². The molecule has 1 aliphatic rings. The molecule has 0 bridgehead atoms. The molecule has 0 amide bonds. The number of nitrogens with one attached hydrogen (secondary N) is 1. The van der Waals surface area contributed by atoms with E-state index < -0.39 is 0 Å². The highest BCUT2D eigenvalue weighted by Crippen LogP contribution is 2.39. The van der Waals surface area contributed by atoms with Crippen molar-refractivity contribution in [3.63, 3.8) is 0 Å². The van der Waals surface area contributed by atoms with Crippen molar-refractivity contribution in [3.8, 4) is 0 Å². The molecule has 2 nitrogen and oxygen atoms in total. The molecule has 2 heteroatoms. The van der Waals surface area contributed by atoms with E-state index in [2.05, 4.69) is 53.6 Å². The Bertz CT molecular complexity index is 546. The predicted octanol–water partition coefficient (Wildman–Crippen LogP) is 3.60. The van der Waals surface area contributed by atoms with Crippen LogP contribution in [0.3, 0.4) is 0 Å². The highest BCUT2D eigenvalue weighted by molar-refractivity contribution is 5.70. The number of hydrogen-bond donors (Lipinski definition) is 1. The minimum Gasteiger partial charge on any atom is -0.340 e. The zero-order valence-corrected chi connectivity index (χ0v) is 9.49.